The molecule has 0 aliphatic rings. The highest BCUT2D eigenvalue weighted by Crippen LogP contribution is 1.99. The van der Waals surface area contributed by atoms with Crippen LogP contribution in [-0.4, -0.2) is 6.54 Å². The lowest BCUT2D eigenvalue weighted by molar-refractivity contribution is 0.681. The molecule has 0 aromatic heterocycles. The monoisotopic (exact) mass is 114 g/mol. The number of hydrogen-bond donors (Lipinski definition) is 1. The van der Waals surface area contributed by atoms with E-state index in [0.717, 1.165) is 6.54 Å². The fourth-order valence-electron chi connectivity index (χ4n) is 0.670. The summed E-state index contributed by atoms with van der Waals surface area (Å²) >= 11 is 0. The van der Waals surface area contributed by atoms with Crippen molar-refractivity contribution in [1.29, 1.82) is 0 Å². The van der Waals surface area contributed by atoms with E-state index in [1.54, 1.807) is 0 Å². The molecule has 1 radical (unpaired) electrons. The van der Waals surface area contributed by atoms with Crippen molar-refractivity contribution in [3.8, 4) is 0 Å². The van der Waals surface area contributed by atoms with Crippen LogP contribution in [0.25, 0.3) is 0 Å². The van der Waals surface area contributed by atoms with E-state index in [0.29, 0.717) is 0 Å². The van der Waals surface area contributed by atoms with E-state index < -0.39 is 0 Å². The van der Waals surface area contributed by atoms with Gasteiger partial charge in [0.1, 0.15) is 0 Å². The van der Waals surface area contributed by atoms with Gasteiger partial charge in [-0.25, -0.2) is 0 Å². The molecule has 0 atom stereocenters. The summed E-state index contributed by atoms with van der Waals surface area (Å²) in [5, 5.41) is 0. The van der Waals surface area contributed by atoms with Gasteiger partial charge in [0, 0.05) is 0 Å². The van der Waals surface area contributed by atoms with Gasteiger partial charge in [-0.1, -0.05) is 26.2 Å². The Morgan fingerprint density at radius 1 is 1.25 bits per heavy atom. The lowest BCUT2D eigenvalue weighted by Crippen LogP contribution is -1.97. The molecule has 1 heteroatoms. The summed E-state index contributed by atoms with van der Waals surface area (Å²) < 4.78 is 0. The Morgan fingerprint density at radius 2 is 2.00 bits per heavy atom. The molecule has 0 fully saturated rings. The Labute approximate surface area is 52.3 Å². The summed E-state index contributed by atoms with van der Waals surface area (Å²) in [6.07, 6.45) is 7.25. The van der Waals surface area contributed by atoms with Crippen LogP contribution >= 0.6 is 0 Å². The molecule has 0 spiro atoms. The zero-order valence-corrected chi connectivity index (χ0v) is 5.69. The highest BCUT2D eigenvalue weighted by atomic mass is 14.5. The third-order valence-electron chi connectivity index (χ3n) is 1.20. The lowest BCUT2D eigenvalue weighted by Gasteiger charge is -1.93. The van der Waals surface area contributed by atoms with Gasteiger partial charge in [-0.3, -0.25) is 0 Å². The van der Waals surface area contributed by atoms with Crippen molar-refractivity contribution in [2.24, 2.45) is 5.73 Å². The first kappa shape index (κ1) is 7.96. The average molecular weight is 114 g/mol. The Kier molecular flexibility index (Phi) is 6.93. The molecule has 0 aromatic rings. The lowest BCUT2D eigenvalue weighted by atomic mass is 10.2. The first-order valence-corrected chi connectivity index (χ1v) is 3.39. The molecule has 0 rings (SSSR count). The molecule has 0 unspecified atom stereocenters. The summed E-state index contributed by atoms with van der Waals surface area (Å²) in [5.41, 5.74) is 5.30. The van der Waals surface area contributed by atoms with Crippen molar-refractivity contribution in [3.05, 3.63) is 6.42 Å². The number of hydrogen-bond acceptors (Lipinski definition) is 1. The maximum atomic E-state index is 5.30. The second kappa shape index (κ2) is 6.96. The van der Waals surface area contributed by atoms with Crippen LogP contribution < -0.4 is 5.73 Å². The normalized spacial score (nSPS) is 9.75. The molecule has 0 saturated carbocycles. The highest BCUT2D eigenvalue weighted by Gasteiger charge is 1.83. The minimum Gasteiger partial charge on any atom is -0.330 e. The van der Waals surface area contributed by atoms with Gasteiger partial charge in [-0.2, -0.15) is 0 Å². The minimum atomic E-state index is 0.851. The van der Waals surface area contributed by atoms with Gasteiger partial charge >= 0.3 is 0 Å². The molecule has 0 amide bonds. The van der Waals surface area contributed by atoms with Crippen molar-refractivity contribution in [2.75, 3.05) is 6.54 Å². The van der Waals surface area contributed by atoms with E-state index in [1.807, 2.05) is 0 Å². The van der Waals surface area contributed by atoms with E-state index >= 15 is 0 Å². The molecule has 0 saturated heterocycles. The van der Waals surface area contributed by atoms with Crippen LogP contribution in [-0.2, 0) is 0 Å². The van der Waals surface area contributed by atoms with Crippen LogP contribution in [0.5, 0.6) is 0 Å². The molecule has 0 aliphatic heterocycles. The third kappa shape index (κ3) is 5.96. The number of unbranched alkanes of at least 4 members (excludes halogenated alkanes) is 4. The number of nitrogens with two attached hydrogens (primary N) is 1. The van der Waals surface area contributed by atoms with E-state index in [1.165, 1.54) is 25.7 Å². The molecule has 0 heterocycles. The molecule has 8 heavy (non-hydrogen) atoms. The van der Waals surface area contributed by atoms with Crippen molar-refractivity contribution >= 4 is 0 Å². The van der Waals surface area contributed by atoms with Crippen LogP contribution in [0, 0.1) is 6.42 Å². The van der Waals surface area contributed by atoms with Crippen LogP contribution in [0.2, 0.25) is 0 Å². The van der Waals surface area contributed by atoms with E-state index in [-0.39, 0.29) is 0 Å². The van der Waals surface area contributed by atoms with Gasteiger partial charge in [0.2, 0.25) is 0 Å². The van der Waals surface area contributed by atoms with Gasteiger partial charge in [0.05, 0.1) is 0 Å². The second-order valence-electron chi connectivity index (χ2n) is 2.05. The van der Waals surface area contributed by atoms with Gasteiger partial charge < -0.3 is 5.73 Å². The van der Waals surface area contributed by atoms with Crippen molar-refractivity contribution in [1.82, 2.24) is 0 Å². The molecule has 0 bridgehead atoms. The van der Waals surface area contributed by atoms with Crippen molar-refractivity contribution in [2.45, 2.75) is 32.6 Å². The van der Waals surface area contributed by atoms with Crippen LogP contribution in [0.1, 0.15) is 32.6 Å². The summed E-state index contributed by atoms with van der Waals surface area (Å²) in [6, 6.07) is 0. The van der Waals surface area contributed by atoms with E-state index in [4.69, 9.17) is 5.73 Å². The quantitative estimate of drug-likeness (QED) is 0.541. The minimum absolute atomic E-state index is 0.851. The second-order valence-corrected chi connectivity index (χ2v) is 2.05. The topological polar surface area (TPSA) is 26.0 Å². The predicted molar refractivity (Wildman–Crippen MR) is 37.5 cm³/mol. The fourth-order valence-corrected chi connectivity index (χ4v) is 0.670. The summed E-state index contributed by atoms with van der Waals surface area (Å²) in [7, 11) is 0. The Balaban J connectivity index is 2.53. The first-order valence-electron chi connectivity index (χ1n) is 3.39. The first-order chi connectivity index (χ1) is 3.91. The van der Waals surface area contributed by atoms with E-state index in [2.05, 4.69) is 13.3 Å². The predicted octanol–water partition coefficient (Wildman–Crippen LogP) is 1.73. The van der Waals surface area contributed by atoms with Crippen molar-refractivity contribution < 1.29 is 0 Å². The standard InChI is InChI=1S/C7H16N/c1-2-3-4-5-6-7-8/h2H,3-8H2,1H3. The zero-order chi connectivity index (χ0) is 6.24. The molecule has 0 aliphatic carbocycles. The molecule has 2 N–H and O–H groups in total. The Bertz CT molecular complexity index is 29.4. The van der Waals surface area contributed by atoms with Crippen LogP contribution in [0.15, 0.2) is 0 Å². The fraction of sp³-hybridized carbons (Fsp3) is 0.857. The van der Waals surface area contributed by atoms with Crippen LogP contribution in [0.4, 0.5) is 0 Å². The van der Waals surface area contributed by atoms with E-state index in [9.17, 15) is 0 Å². The zero-order valence-electron chi connectivity index (χ0n) is 5.69. The molecular formula is C7H16N. The maximum Gasteiger partial charge on any atom is -0.00773 e. The van der Waals surface area contributed by atoms with Gasteiger partial charge in [-0.15, -0.1) is 0 Å². The third-order valence-corrected chi connectivity index (χ3v) is 1.20. The summed E-state index contributed by atoms with van der Waals surface area (Å²) in [4.78, 5) is 0. The highest BCUT2D eigenvalue weighted by molar-refractivity contribution is 4.55. The smallest absolute Gasteiger partial charge is 0.00773 e. The molecule has 0 aromatic carbocycles. The number of rotatable bonds is 5. The van der Waals surface area contributed by atoms with Gasteiger partial charge in [-0.05, 0) is 19.4 Å². The molecule has 49 valence electrons. The Morgan fingerprint density at radius 3 is 2.50 bits per heavy atom. The molecule has 1 nitrogen and oxygen atoms in total. The summed E-state index contributed by atoms with van der Waals surface area (Å²) in [5.74, 6) is 0. The van der Waals surface area contributed by atoms with Crippen molar-refractivity contribution in [3.63, 3.8) is 0 Å². The maximum absolute atomic E-state index is 5.30. The van der Waals surface area contributed by atoms with Crippen LogP contribution in [0.3, 0.4) is 0 Å². The largest absolute Gasteiger partial charge is 0.330 e. The van der Waals surface area contributed by atoms with Gasteiger partial charge in [0.15, 0.2) is 0 Å². The summed E-state index contributed by atoms with van der Waals surface area (Å²) in [6.45, 7) is 2.95. The van der Waals surface area contributed by atoms with Gasteiger partial charge in [0.25, 0.3) is 0 Å². The Hall–Kier alpha value is -0.0400. The SMILES string of the molecule is C[CH]CCCCCN. The average Bonchev–Trinajstić information content (AvgIpc) is 1.81. The molecular weight excluding hydrogens is 98.1 g/mol.